The van der Waals surface area contributed by atoms with Crippen molar-refractivity contribution in [2.75, 3.05) is 46.3 Å². The van der Waals surface area contributed by atoms with E-state index < -0.39 is 0 Å². The maximum absolute atomic E-state index is 13.1. The van der Waals surface area contributed by atoms with E-state index in [1.165, 1.54) is 0 Å². The Bertz CT molecular complexity index is 919. The first-order chi connectivity index (χ1) is 15.0. The molecule has 2 amide bonds. The number of nitrogens with zero attached hydrogens (tertiary/aromatic N) is 3. The van der Waals surface area contributed by atoms with Crippen molar-refractivity contribution in [3.05, 3.63) is 70.8 Å². The number of fused-ring (bicyclic) bond motifs is 1. The lowest BCUT2D eigenvalue weighted by Crippen LogP contribution is -2.47. The molecule has 0 spiro atoms. The van der Waals surface area contributed by atoms with E-state index in [4.69, 9.17) is 0 Å². The summed E-state index contributed by atoms with van der Waals surface area (Å²) < 4.78 is 0. The fourth-order valence-electron chi connectivity index (χ4n) is 4.40. The molecule has 2 aliphatic rings. The van der Waals surface area contributed by atoms with Gasteiger partial charge in [-0.25, -0.2) is 0 Å². The normalized spacial score (nSPS) is 18.1. The average Bonchev–Trinajstić information content (AvgIpc) is 3.11. The summed E-state index contributed by atoms with van der Waals surface area (Å²) >= 11 is 0. The minimum absolute atomic E-state index is 0.00594. The Labute approximate surface area is 184 Å². The van der Waals surface area contributed by atoms with Gasteiger partial charge in [-0.1, -0.05) is 48.0 Å². The number of benzene rings is 2. The van der Waals surface area contributed by atoms with Crippen molar-refractivity contribution in [2.45, 2.75) is 25.9 Å². The standard InChI is InChI=1S/C25H32N4O2/c1-19-7-9-20(10-8-19)23(29-18-21-5-3-4-6-22(21)25(29)31)17-24(30)26-11-12-28-15-13-27(2)14-16-28/h3-10,23H,11-18H2,1-2H3,(H,26,30). The van der Waals surface area contributed by atoms with Gasteiger partial charge in [0.15, 0.2) is 0 Å². The van der Waals surface area contributed by atoms with Crippen LogP contribution in [-0.4, -0.2) is 72.8 Å². The first-order valence-electron chi connectivity index (χ1n) is 11.1. The van der Waals surface area contributed by atoms with Crippen LogP contribution in [0.25, 0.3) is 0 Å². The fraction of sp³-hybridized carbons (Fsp3) is 0.440. The number of hydrogen-bond donors (Lipinski definition) is 1. The Hall–Kier alpha value is -2.70. The highest BCUT2D eigenvalue weighted by Crippen LogP contribution is 2.33. The molecule has 2 aliphatic heterocycles. The Kier molecular flexibility index (Phi) is 6.68. The first-order valence-corrected chi connectivity index (χ1v) is 11.1. The molecule has 1 N–H and O–H groups in total. The quantitative estimate of drug-likeness (QED) is 0.748. The first kappa shape index (κ1) is 21.5. The molecule has 4 rings (SSSR count). The Morgan fingerprint density at radius 2 is 1.74 bits per heavy atom. The highest BCUT2D eigenvalue weighted by atomic mass is 16.2. The molecule has 2 aromatic rings. The van der Waals surface area contributed by atoms with Gasteiger partial charge in [0.2, 0.25) is 5.91 Å². The maximum Gasteiger partial charge on any atom is 0.255 e. The van der Waals surface area contributed by atoms with Gasteiger partial charge in [0.25, 0.3) is 5.91 Å². The van der Waals surface area contributed by atoms with Gasteiger partial charge in [-0.3, -0.25) is 14.5 Å². The Morgan fingerprint density at radius 1 is 1.03 bits per heavy atom. The molecule has 0 bridgehead atoms. The molecular weight excluding hydrogens is 388 g/mol. The largest absolute Gasteiger partial charge is 0.355 e. The van der Waals surface area contributed by atoms with Crippen LogP contribution in [0.4, 0.5) is 0 Å². The summed E-state index contributed by atoms with van der Waals surface area (Å²) in [5.41, 5.74) is 3.94. The summed E-state index contributed by atoms with van der Waals surface area (Å²) in [4.78, 5) is 32.5. The lowest BCUT2D eigenvalue weighted by atomic mass is 10.00. The van der Waals surface area contributed by atoms with Gasteiger partial charge >= 0.3 is 0 Å². The van der Waals surface area contributed by atoms with Crippen LogP contribution in [-0.2, 0) is 11.3 Å². The monoisotopic (exact) mass is 420 g/mol. The van der Waals surface area contributed by atoms with Crippen molar-refractivity contribution in [3.63, 3.8) is 0 Å². The molecular formula is C25H32N4O2. The van der Waals surface area contributed by atoms with E-state index in [2.05, 4.69) is 22.2 Å². The number of carbonyl (C=O) groups excluding carboxylic acids is 2. The summed E-state index contributed by atoms with van der Waals surface area (Å²) in [5, 5.41) is 3.08. The van der Waals surface area contributed by atoms with Crippen LogP contribution < -0.4 is 5.32 Å². The van der Waals surface area contributed by atoms with Crippen LogP contribution in [0.2, 0.25) is 0 Å². The van der Waals surface area contributed by atoms with Crippen molar-refractivity contribution in [2.24, 2.45) is 0 Å². The van der Waals surface area contributed by atoms with Gasteiger partial charge in [-0.2, -0.15) is 0 Å². The molecule has 2 aromatic carbocycles. The van der Waals surface area contributed by atoms with E-state index in [0.717, 1.165) is 55.0 Å². The van der Waals surface area contributed by atoms with E-state index in [-0.39, 0.29) is 24.3 Å². The van der Waals surface area contributed by atoms with Crippen molar-refractivity contribution in [3.8, 4) is 0 Å². The molecule has 6 nitrogen and oxygen atoms in total. The smallest absolute Gasteiger partial charge is 0.255 e. The predicted molar refractivity (Wildman–Crippen MR) is 122 cm³/mol. The molecule has 0 radical (unpaired) electrons. The molecule has 164 valence electrons. The summed E-state index contributed by atoms with van der Waals surface area (Å²) in [7, 11) is 2.14. The number of hydrogen-bond acceptors (Lipinski definition) is 4. The van der Waals surface area contributed by atoms with E-state index in [1.807, 2.05) is 60.4 Å². The minimum Gasteiger partial charge on any atom is -0.355 e. The van der Waals surface area contributed by atoms with Gasteiger partial charge in [0.05, 0.1) is 12.5 Å². The van der Waals surface area contributed by atoms with E-state index in [0.29, 0.717) is 13.1 Å². The summed E-state index contributed by atoms with van der Waals surface area (Å²) in [6.45, 7) is 8.31. The van der Waals surface area contributed by atoms with Gasteiger partial charge in [0, 0.05) is 51.4 Å². The van der Waals surface area contributed by atoms with Crippen LogP contribution in [0.3, 0.4) is 0 Å². The highest BCUT2D eigenvalue weighted by Gasteiger charge is 2.34. The van der Waals surface area contributed by atoms with Gasteiger partial charge in [-0.15, -0.1) is 0 Å². The lowest BCUT2D eigenvalue weighted by Gasteiger charge is -2.32. The third-order valence-corrected chi connectivity index (χ3v) is 6.41. The van der Waals surface area contributed by atoms with Crippen LogP contribution in [0, 0.1) is 6.92 Å². The Morgan fingerprint density at radius 3 is 2.45 bits per heavy atom. The Balaban J connectivity index is 1.41. The van der Waals surface area contributed by atoms with Crippen molar-refractivity contribution < 1.29 is 9.59 Å². The van der Waals surface area contributed by atoms with E-state index in [1.54, 1.807) is 0 Å². The zero-order chi connectivity index (χ0) is 21.8. The van der Waals surface area contributed by atoms with Crippen molar-refractivity contribution in [1.29, 1.82) is 0 Å². The second kappa shape index (κ2) is 9.62. The zero-order valence-electron chi connectivity index (χ0n) is 18.5. The average molecular weight is 421 g/mol. The lowest BCUT2D eigenvalue weighted by molar-refractivity contribution is -0.122. The third kappa shape index (κ3) is 5.14. The predicted octanol–water partition coefficient (Wildman–Crippen LogP) is 2.45. The number of piperazine rings is 1. The van der Waals surface area contributed by atoms with Crippen molar-refractivity contribution in [1.82, 2.24) is 20.0 Å². The second-order valence-electron chi connectivity index (χ2n) is 8.72. The third-order valence-electron chi connectivity index (χ3n) is 6.41. The molecule has 0 aliphatic carbocycles. The molecule has 0 saturated carbocycles. The van der Waals surface area contributed by atoms with Crippen LogP contribution in [0.15, 0.2) is 48.5 Å². The van der Waals surface area contributed by atoms with Crippen LogP contribution in [0.1, 0.15) is 39.5 Å². The van der Waals surface area contributed by atoms with Crippen LogP contribution >= 0.6 is 0 Å². The fourth-order valence-corrected chi connectivity index (χ4v) is 4.40. The van der Waals surface area contributed by atoms with Gasteiger partial charge in [-0.05, 0) is 31.2 Å². The summed E-state index contributed by atoms with van der Waals surface area (Å²) in [6.07, 6.45) is 0.269. The molecule has 1 fully saturated rings. The summed E-state index contributed by atoms with van der Waals surface area (Å²) in [6, 6.07) is 15.6. The number of likely N-dealkylation sites (N-methyl/N-ethyl adjacent to an activating group) is 1. The number of nitrogens with one attached hydrogen (secondary N) is 1. The maximum atomic E-state index is 13.1. The van der Waals surface area contributed by atoms with Crippen molar-refractivity contribution >= 4 is 11.8 Å². The van der Waals surface area contributed by atoms with Crippen LogP contribution in [0.5, 0.6) is 0 Å². The summed E-state index contributed by atoms with van der Waals surface area (Å²) in [5.74, 6) is -0.00475. The van der Waals surface area contributed by atoms with E-state index >= 15 is 0 Å². The number of amides is 2. The van der Waals surface area contributed by atoms with Gasteiger partial charge < -0.3 is 15.1 Å². The van der Waals surface area contributed by atoms with Gasteiger partial charge in [0.1, 0.15) is 0 Å². The zero-order valence-corrected chi connectivity index (χ0v) is 18.5. The minimum atomic E-state index is -0.274. The van der Waals surface area contributed by atoms with E-state index in [9.17, 15) is 9.59 Å². The molecule has 1 saturated heterocycles. The molecule has 1 unspecified atom stereocenters. The number of rotatable bonds is 7. The second-order valence-corrected chi connectivity index (χ2v) is 8.72. The molecule has 1 atom stereocenters. The number of carbonyl (C=O) groups is 2. The molecule has 2 heterocycles. The molecule has 31 heavy (non-hydrogen) atoms. The topological polar surface area (TPSA) is 55.9 Å². The molecule has 0 aromatic heterocycles. The number of aryl methyl sites for hydroxylation is 1. The highest BCUT2D eigenvalue weighted by molar-refractivity contribution is 5.98. The molecule has 6 heteroatoms. The SMILES string of the molecule is Cc1ccc(C(CC(=O)NCCN2CCN(C)CC2)N2Cc3ccccc3C2=O)cc1.